The van der Waals surface area contributed by atoms with Crippen LogP contribution in [-0.2, 0) is 0 Å². The van der Waals surface area contributed by atoms with Gasteiger partial charge in [0, 0.05) is 28.4 Å². The van der Waals surface area contributed by atoms with Gasteiger partial charge in [-0.3, -0.25) is 4.98 Å². The van der Waals surface area contributed by atoms with Gasteiger partial charge < -0.3 is 0 Å². The number of nitrogens with zero attached hydrogens (tertiary/aromatic N) is 3. The quantitative estimate of drug-likeness (QED) is 0.630. The van der Waals surface area contributed by atoms with Gasteiger partial charge in [-0.05, 0) is 30.3 Å². The minimum atomic E-state index is 0.420. The first-order chi connectivity index (χ1) is 8.74. The standard InChI is InChI=1S/C13H7Cl2N3/c14-9-1-2-10-11(7-9)17-13(18-12(10)15)8-3-5-16-6-4-8/h1-7H. The largest absolute Gasteiger partial charge is 0.265 e. The predicted molar refractivity (Wildman–Crippen MR) is 72.8 cm³/mol. The number of pyridine rings is 1. The van der Waals surface area contributed by atoms with Crippen LogP contribution in [0.25, 0.3) is 22.3 Å². The van der Waals surface area contributed by atoms with Crippen LogP contribution in [0.3, 0.4) is 0 Å². The van der Waals surface area contributed by atoms with Crippen molar-refractivity contribution in [2.24, 2.45) is 0 Å². The molecule has 18 heavy (non-hydrogen) atoms. The Morgan fingerprint density at radius 3 is 2.44 bits per heavy atom. The molecule has 0 fully saturated rings. The van der Waals surface area contributed by atoms with Crippen molar-refractivity contribution in [1.29, 1.82) is 0 Å². The number of fused-ring (bicyclic) bond motifs is 1. The van der Waals surface area contributed by atoms with Crippen molar-refractivity contribution in [2.75, 3.05) is 0 Å². The van der Waals surface area contributed by atoms with Gasteiger partial charge in [-0.15, -0.1) is 0 Å². The van der Waals surface area contributed by atoms with Gasteiger partial charge in [0.15, 0.2) is 5.82 Å². The summed E-state index contributed by atoms with van der Waals surface area (Å²) in [7, 11) is 0. The van der Waals surface area contributed by atoms with Crippen molar-refractivity contribution in [3.8, 4) is 11.4 Å². The van der Waals surface area contributed by atoms with E-state index in [9.17, 15) is 0 Å². The Hall–Kier alpha value is -1.71. The molecule has 88 valence electrons. The summed E-state index contributed by atoms with van der Waals surface area (Å²) in [6.07, 6.45) is 3.38. The zero-order valence-corrected chi connectivity index (χ0v) is 10.7. The molecule has 5 heteroatoms. The highest BCUT2D eigenvalue weighted by molar-refractivity contribution is 6.35. The maximum atomic E-state index is 6.15. The van der Waals surface area contributed by atoms with E-state index in [0.717, 1.165) is 16.5 Å². The maximum absolute atomic E-state index is 6.15. The lowest BCUT2D eigenvalue weighted by molar-refractivity contribution is 1.21. The maximum Gasteiger partial charge on any atom is 0.161 e. The molecule has 2 heterocycles. The van der Waals surface area contributed by atoms with Gasteiger partial charge in [0.2, 0.25) is 0 Å². The van der Waals surface area contributed by atoms with Gasteiger partial charge in [-0.25, -0.2) is 9.97 Å². The van der Waals surface area contributed by atoms with Crippen molar-refractivity contribution < 1.29 is 0 Å². The van der Waals surface area contributed by atoms with Crippen LogP contribution < -0.4 is 0 Å². The first-order valence-corrected chi connectivity index (χ1v) is 6.03. The molecule has 2 aromatic heterocycles. The van der Waals surface area contributed by atoms with E-state index in [1.807, 2.05) is 18.2 Å². The Labute approximate surface area is 113 Å². The first-order valence-electron chi connectivity index (χ1n) is 5.27. The van der Waals surface area contributed by atoms with E-state index in [4.69, 9.17) is 23.2 Å². The van der Waals surface area contributed by atoms with Crippen molar-refractivity contribution in [1.82, 2.24) is 15.0 Å². The molecule has 0 spiro atoms. The summed E-state index contributed by atoms with van der Waals surface area (Å²) in [6.45, 7) is 0. The highest BCUT2D eigenvalue weighted by Gasteiger charge is 2.08. The summed E-state index contributed by atoms with van der Waals surface area (Å²) in [5, 5.41) is 1.83. The van der Waals surface area contributed by atoms with E-state index in [1.165, 1.54) is 0 Å². The molecule has 0 atom stereocenters. The predicted octanol–water partition coefficient (Wildman–Crippen LogP) is 4.00. The second kappa shape index (κ2) is 4.52. The van der Waals surface area contributed by atoms with Crippen LogP contribution in [0.4, 0.5) is 0 Å². The molecule has 3 nitrogen and oxygen atoms in total. The smallest absolute Gasteiger partial charge is 0.161 e. The Morgan fingerprint density at radius 2 is 1.67 bits per heavy atom. The molecule has 0 N–H and O–H groups in total. The lowest BCUT2D eigenvalue weighted by Gasteiger charge is -2.04. The highest BCUT2D eigenvalue weighted by atomic mass is 35.5. The summed E-state index contributed by atoms with van der Waals surface area (Å²) < 4.78 is 0. The summed E-state index contributed by atoms with van der Waals surface area (Å²) in [4.78, 5) is 12.7. The van der Waals surface area contributed by atoms with E-state index in [-0.39, 0.29) is 0 Å². The number of halogens is 2. The summed E-state index contributed by atoms with van der Waals surface area (Å²) in [6, 6.07) is 9.03. The van der Waals surface area contributed by atoms with Gasteiger partial charge in [-0.1, -0.05) is 23.2 Å². The van der Waals surface area contributed by atoms with Crippen LogP contribution in [0.2, 0.25) is 10.2 Å². The fourth-order valence-corrected chi connectivity index (χ4v) is 2.10. The number of hydrogen-bond acceptors (Lipinski definition) is 3. The third-order valence-electron chi connectivity index (χ3n) is 2.55. The van der Waals surface area contributed by atoms with Crippen LogP contribution in [0.15, 0.2) is 42.7 Å². The van der Waals surface area contributed by atoms with E-state index in [0.29, 0.717) is 16.0 Å². The lowest BCUT2D eigenvalue weighted by Crippen LogP contribution is -1.92. The SMILES string of the molecule is Clc1ccc2c(Cl)nc(-c3ccncc3)nc2c1. The molecule has 1 aromatic carbocycles. The van der Waals surface area contributed by atoms with E-state index < -0.39 is 0 Å². The molecule has 0 amide bonds. The normalized spacial score (nSPS) is 10.8. The molecule has 0 aliphatic heterocycles. The van der Waals surface area contributed by atoms with Crippen LogP contribution in [0.1, 0.15) is 0 Å². The number of benzene rings is 1. The van der Waals surface area contributed by atoms with Crippen molar-refractivity contribution in [3.63, 3.8) is 0 Å². The van der Waals surface area contributed by atoms with Gasteiger partial charge in [0.25, 0.3) is 0 Å². The third-order valence-corrected chi connectivity index (χ3v) is 3.07. The average molecular weight is 276 g/mol. The van der Waals surface area contributed by atoms with Gasteiger partial charge in [0.1, 0.15) is 5.15 Å². The molecule has 3 aromatic rings. The molecule has 0 bridgehead atoms. The van der Waals surface area contributed by atoms with E-state index in [1.54, 1.807) is 24.5 Å². The minimum absolute atomic E-state index is 0.420. The second-order valence-corrected chi connectivity index (χ2v) is 4.53. The van der Waals surface area contributed by atoms with Gasteiger partial charge >= 0.3 is 0 Å². The molecule has 3 rings (SSSR count). The van der Waals surface area contributed by atoms with Gasteiger partial charge in [-0.2, -0.15) is 0 Å². The fraction of sp³-hybridized carbons (Fsp3) is 0. The lowest BCUT2D eigenvalue weighted by atomic mass is 10.2. The molecule has 0 saturated heterocycles. The zero-order valence-electron chi connectivity index (χ0n) is 9.14. The molecule has 0 aliphatic carbocycles. The topological polar surface area (TPSA) is 38.7 Å². The molecule has 0 radical (unpaired) electrons. The minimum Gasteiger partial charge on any atom is -0.265 e. The van der Waals surface area contributed by atoms with Crippen molar-refractivity contribution in [3.05, 3.63) is 52.9 Å². The Bertz CT molecular complexity index is 714. The Kier molecular flexibility index (Phi) is 2.86. The Balaban J connectivity index is 2.27. The van der Waals surface area contributed by atoms with Crippen LogP contribution in [0.5, 0.6) is 0 Å². The highest BCUT2D eigenvalue weighted by Crippen LogP contribution is 2.26. The first kappa shape index (κ1) is 11.4. The van der Waals surface area contributed by atoms with Crippen molar-refractivity contribution in [2.45, 2.75) is 0 Å². The van der Waals surface area contributed by atoms with E-state index in [2.05, 4.69) is 15.0 Å². The fourth-order valence-electron chi connectivity index (χ4n) is 1.69. The van der Waals surface area contributed by atoms with Crippen molar-refractivity contribution >= 4 is 34.1 Å². The number of aromatic nitrogens is 3. The molecule has 0 saturated carbocycles. The molecular weight excluding hydrogens is 269 g/mol. The summed E-state index contributed by atoms with van der Waals surface area (Å²) in [5.74, 6) is 0.567. The summed E-state index contributed by atoms with van der Waals surface area (Å²) >= 11 is 12.1. The second-order valence-electron chi connectivity index (χ2n) is 3.74. The number of rotatable bonds is 1. The molecule has 0 unspecified atom stereocenters. The van der Waals surface area contributed by atoms with Crippen LogP contribution >= 0.6 is 23.2 Å². The van der Waals surface area contributed by atoms with E-state index >= 15 is 0 Å². The summed E-state index contributed by atoms with van der Waals surface area (Å²) in [5.41, 5.74) is 1.60. The monoisotopic (exact) mass is 275 g/mol. The average Bonchev–Trinajstić information content (AvgIpc) is 2.39. The molecule has 0 aliphatic rings. The number of hydrogen-bond donors (Lipinski definition) is 0. The molecular formula is C13H7Cl2N3. The van der Waals surface area contributed by atoms with Gasteiger partial charge in [0.05, 0.1) is 5.52 Å². The zero-order chi connectivity index (χ0) is 12.5. The third kappa shape index (κ3) is 2.03. The van der Waals surface area contributed by atoms with Crippen LogP contribution in [0, 0.1) is 0 Å². The van der Waals surface area contributed by atoms with Crippen LogP contribution in [-0.4, -0.2) is 15.0 Å². The Morgan fingerprint density at radius 1 is 0.889 bits per heavy atom.